The summed E-state index contributed by atoms with van der Waals surface area (Å²) >= 11 is 0. The highest BCUT2D eigenvalue weighted by Gasteiger charge is 2.69. The van der Waals surface area contributed by atoms with Gasteiger partial charge in [-0.1, -0.05) is 95.3 Å². The monoisotopic (exact) mass is 640 g/mol. The van der Waals surface area contributed by atoms with Crippen molar-refractivity contribution in [2.24, 2.45) is 5.92 Å². The molecule has 45 heavy (non-hydrogen) atoms. The lowest BCUT2D eigenvalue weighted by molar-refractivity contribution is -0.235. The summed E-state index contributed by atoms with van der Waals surface area (Å²) in [4.78, 5) is 40.8. The summed E-state index contributed by atoms with van der Waals surface area (Å²) in [6.07, 6.45) is 0.297. The quantitative estimate of drug-likeness (QED) is 0.213. The summed E-state index contributed by atoms with van der Waals surface area (Å²) in [7, 11) is -3.30. The van der Waals surface area contributed by atoms with Crippen LogP contribution < -0.4 is 21.9 Å². The number of hydrogen-bond acceptors (Lipinski definition) is 5. The van der Waals surface area contributed by atoms with E-state index in [0.717, 1.165) is 10.1 Å². The molecular formula is C34H46F2N4O4Si. The summed E-state index contributed by atoms with van der Waals surface area (Å²) in [5.41, 5.74) is 3.15. The number of rotatable bonds is 12. The highest BCUT2D eigenvalue weighted by molar-refractivity contribution is 6.74. The van der Waals surface area contributed by atoms with Crippen LogP contribution in [0.2, 0.25) is 18.1 Å². The summed E-state index contributed by atoms with van der Waals surface area (Å²) < 4.78 is 42.9. The maximum absolute atomic E-state index is 17.7. The third kappa shape index (κ3) is 7.36. The van der Waals surface area contributed by atoms with Crippen molar-refractivity contribution in [2.75, 3.05) is 12.3 Å². The second-order valence-electron chi connectivity index (χ2n) is 13.2. The third-order valence-corrected chi connectivity index (χ3v) is 12.9. The molecule has 0 saturated heterocycles. The zero-order valence-corrected chi connectivity index (χ0v) is 28.4. The Hall–Kier alpha value is -3.83. The lowest BCUT2D eigenvalue weighted by Gasteiger charge is -2.53. The number of nitrogens with one attached hydrogen (secondary N) is 2. The van der Waals surface area contributed by atoms with E-state index in [1.165, 1.54) is 19.1 Å². The lowest BCUT2D eigenvalue weighted by Crippen LogP contribution is -2.74. The fraction of sp³-hybridized carbons (Fsp3) is 0.441. The van der Waals surface area contributed by atoms with Gasteiger partial charge in [-0.05, 0) is 53.7 Å². The number of anilines is 1. The summed E-state index contributed by atoms with van der Waals surface area (Å²) in [5, 5.41) is 4.41. The average molecular weight is 641 g/mol. The minimum atomic E-state index is -4.41. The number of hydrogen-bond donors (Lipinski definition) is 3. The van der Waals surface area contributed by atoms with Crippen LogP contribution in [0.3, 0.4) is 0 Å². The van der Waals surface area contributed by atoms with Gasteiger partial charge in [-0.25, -0.2) is 0 Å². The second kappa shape index (κ2) is 13.7. The average Bonchev–Trinajstić information content (AvgIpc) is 2.96. The van der Waals surface area contributed by atoms with Crippen molar-refractivity contribution in [3.05, 3.63) is 88.7 Å². The van der Waals surface area contributed by atoms with Crippen LogP contribution in [0.25, 0.3) is 11.3 Å². The fourth-order valence-corrected chi connectivity index (χ4v) is 6.51. The second-order valence-corrected chi connectivity index (χ2v) is 18.0. The Kier molecular flexibility index (Phi) is 10.8. The normalized spacial score (nSPS) is 14.5. The van der Waals surface area contributed by atoms with Crippen LogP contribution >= 0.6 is 0 Å². The van der Waals surface area contributed by atoms with Crippen molar-refractivity contribution in [3.63, 3.8) is 0 Å². The zero-order chi connectivity index (χ0) is 33.8. The van der Waals surface area contributed by atoms with E-state index in [1.54, 1.807) is 57.3 Å². The number of amides is 2. The molecule has 0 fully saturated rings. The predicted molar refractivity (Wildman–Crippen MR) is 177 cm³/mol. The van der Waals surface area contributed by atoms with Gasteiger partial charge in [0, 0.05) is 13.5 Å². The number of nitrogens with two attached hydrogens (primary N) is 1. The molecule has 0 radical (unpaired) electrons. The minimum absolute atomic E-state index is 0.0567. The third-order valence-electron chi connectivity index (χ3n) is 8.45. The van der Waals surface area contributed by atoms with Crippen LogP contribution in [0.4, 0.5) is 14.5 Å². The van der Waals surface area contributed by atoms with Crippen LogP contribution in [0.1, 0.15) is 47.1 Å². The molecule has 8 nitrogen and oxygen atoms in total. The van der Waals surface area contributed by atoms with Crippen molar-refractivity contribution in [3.8, 4) is 11.3 Å². The largest absolute Gasteiger partial charge is 0.394 e. The molecule has 0 saturated carbocycles. The van der Waals surface area contributed by atoms with Crippen LogP contribution in [-0.2, 0) is 26.2 Å². The molecule has 3 aromatic rings. The minimum Gasteiger partial charge on any atom is -0.394 e. The molecule has 0 bridgehead atoms. The summed E-state index contributed by atoms with van der Waals surface area (Å²) in [6, 6.07) is 18.9. The molecule has 2 atom stereocenters. The number of benzene rings is 2. The SMILES string of the molecule is CC(=O)NC(C(C)C)C(O[Si](C)(C)C(C)(C)C)(n1c(-c2ccccc2)ccc(N)c1=O)C(F)(F)C(=O)NCCc1ccccc1. The topological polar surface area (TPSA) is 115 Å². The number of alkyl halides is 2. The Balaban J connectivity index is 2.46. The van der Waals surface area contributed by atoms with Crippen LogP contribution in [0, 0.1) is 5.92 Å². The van der Waals surface area contributed by atoms with E-state index in [4.69, 9.17) is 10.2 Å². The first-order valence-electron chi connectivity index (χ1n) is 15.1. The van der Waals surface area contributed by atoms with E-state index in [-0.39, 0.29) is 17.9 Å². The molecule has 0 aliphatic carbocycles. The van der Waals surface area contributed by atoms with E-state index in [2.05, 4.69) is 10.6 Å². The molecule has 1 aromatic heterocycles. The summed E-state index contributed by atoms with van der Waals surface area (Å²) in [5.74, 6) is -7.41. The number of halogens is 2. The molecule has 2 aromatic carbocycles. The van der Waals surface area contributed by atoms with Crippen molar-refractivity contribution in [1.29, 1.82) is 0 Å². The Morgan fingerprint density at radius 2 is 1.51 bits per heavy atom. The van der Waals surface area contributed by atoms with Crippen LogP contribution in [0.5, 0.6) is 0 Å². The Bertz CT molecular complexity index is 1540. The van der Waals surface area contributed by atoms with Crippen molar-refractivity contribution in [2.45, 2.75) is 83.8 Å². The molecule has 0 spiro atoms. The highest BCUT2D eigenvalue weighted by atomic mass is 28.4. The van der Waals surface area contributed by atoms with Crippen LogP contribution in [-0.4, -0.2) is 43.2 Å². The number of nitrogen functional groups attached to an aromatic ring is 1. The molecule has 3 rings (SSSR count). The molecule has 0 aliphatic rings. The number of carbonyl (C=O) groups is 2. The molecule has 2 amide bonds. The molecule has 4 N–H and O–H groups in total. The Morgan fingerprint density at radius 3 is 2.02 bits per heavy atom. The van der Waals surface area contributed by atoms with Crippen molar-refractivity contribution in [1.82, 2.24) is 15.2 Å². The van der Waals surface area contributed by atoms with E-state index in [0.29, 0.717) is 12.0 Å². The summed E-state index contributed by atoms with van der Waals surface area (Å²) in [6.45, 7) is 13.5. The van der Waals surface area contributed by atoms with Gasteiger partial charge in [-0.3, -0.25) is 19.0 Å². The number of carbonyl (C=O) groups excluding carboxylic acids is 2. The Morgan fingerprint density at radius 1 is 0.956 bits per heavy atom. The molecular weight excluding hydrogens is 594 g/mol. The Labute approximate surface area is 265 Å². The molecule has 1 heterocycles. The predicted octanol–water partition coefficient (Wildman–Crippen LogP) is 5.93. The standard InChI is InChI=1S/C34H46F2N4O4Si/c1-23(2)29(39-24(3)41)34(44-45(7,8)32(4,5)6,33(35,36)31(43)38-22-21-25-15-11-9-12-16-25)40-28(20-19-27(37)30(40)42)26-17-13-10-14-18-26/h9-20,23,29H,21-22,37H2,1-8H3,(H,38,43)(H,39,41). The maximum atomic E-state index is 17.7. The van der Waals surface area contributed by atoms with Gasteiger partial charge < -0.3 is 20.8 Å². The van der Waals surface area contributed by atoms with Crippen molar-refractivity contribution < 1.29 is 22.8 Å². The van der Waals surface area contributed by atoms with Crippen LogP contribution in [0.15, 0.2) is 77.6 Å². The maximum Gasteiger partial charge on any atom is 0.372 e. The van der Waals surface area contributed by atoms with Gasteiger partial charge in [0.25, 0.3) is 11.5 Å². The van der Waals surface area contributed by atoms with E-state index in [9.17, 15) is 14.4 Å². The first-order valence-corrected chi connectivity index (χ1v) is 18.0. The molecule has 244 valence electrons. The van der Waals surface area contributed by atoms with Gasteiger partial charge in [0.05, 0.1) is 17.4 Å². The smallest absolute Gasteiger partial charge is 0.372 e. The van der Waals surface area contributed by atoms with Gasteiger partial charge in [0.1, 0.15) is 0 Å². The van der Waals surface area contributed by atoms with Gasteiger partial charge >= 0.3 is 5.92 Å². The molecule has 2 unspecified atom stereocenters. The van der Waals surface area contributed by atoms with E-state index >= 15 is 8.78 Å². The lowest BCUT2D eigenvalue weighted by atomic mass is 9.85. The molecule has 11 heteroatoms. The number of aromatic nitrogens is 1. The van der Waals surface area contributed by atoms with Crippen molar-refractivity contribution >= 4 is 25.8 Å². The van der Waals surface area contributed by atoms with Gasteiger partial charge in [0.2, 0.25) is 11.6 Å². The number of nitrogens with zero attached hydrogens (tertiary/aromatic N) is 1. The van der Waals surface area contributed by atoms with E-state index in [1.807, 2.05) is 51.1 Å². The highest BCUT2D eigenvalue weighted by Crippen LogP contribution is 2.49. The number of pyridine rings is 1. The van der Waals surface area contributed by atoms with E-state index < -0.39 is 54.3 Å². The fourth-order valence-electron chi connectivity index (χ4n) is 5.08. The van der Waals surface area contributed by atoms with Gasteiger partial charge in [-0.15, -0.1) is 0 Å². The first-order chi connectivity index (χ1) is 20.9. The van der Waals surface area contributed by atoms with Gasteiger partial charge in [0.15, 0.2) is 8.32 Å². The zero-order valence-electron chi connectivity index (χ0n) is 27.4. The molecule has 0 aliphatic heterocycles. The first kappa shape index (κ1) is 35.6. The van der Waals surface area contributed by atoms with Gasteiger partial charge in [-0.2, -0.15) is 8.78 Å².